The smallest absolute Gasteiger partial charge is 0.489 e. The van der Waals surface area contributed by atoms with Crippen molar-refractivity contribution in [2.24, 2.45) is 5.41 Å². The van der Waals surface area contributed by atoms with Gasteiger partial charge in [-0.25, -0.2) is 11.6 Å². The fourth-order valence-electron chi connectivity index (χ4n) is 1.90. The molecule has 0 unspecified atom stereocenters. The predicted octanol–water partition coefficient (Wildman–Crippen LogP) is 2.10. The van der Waals surface area contributed by atoms with Crippen LogP contribution in [0.25, 0.3) is 0 Å². The van der Waals surface area contributed by atoms with Crippen molar-refractivity contribution in [1.29, 1.82) is 0 Å². The summed E-state index contributed by atoms with van der Waals surface area (Å²) in [6.07, 6.45) is 7.41. The Labute approximate surface area is 184 Å². The van der Waals surface area contributed by atoms with E-state index in [1.807, 2.05) is 24.3 Å². The van der Waals surface area contributed by atoms with E-state index in [0.29, 0.717) is 12.0 Å². The second-order valence-corrected chi connectivity index (χ2v) is 5.98. The summed E-state index contributed by atoms with van der Waals surface area (Å²) in [6, 6.07) is 10.3. The first-order valence-electron chi connectivity index (χ1n) is 7.51. The van der Waals surface area contributed by atoms with E-state index in [1.54, 1.807) is 6.92 Å². The van der Waals surface area contributed by atoms with Crippen LogP contribution in [0.3, 0.4) is 0 Å². The molecule has 1 aromatic rings. The first kappa shape index (κ1) is 24.9. The van der Waals surface area contributed by atoms with E-state index in [0.717, 1.165) is 12.8 Å². The van der Waals surface area contributed by atoms with Crippen molar-refractivity contribution in [1.82, 2.24) is 0 Å². The Morgan fingerprint density at radius 2 is 1.91 bits per heavy atom. The molecule has 1 aromatic carbocycles. The van der Waals surface area contributed by atoms with E-state index < -0.39 is 5.97 Å². The van der Waals surface area contributed by atoms with Crippen LogP contribution in [0, 0.1) is 25.3 Å². The molecule has 0 heterocycles. The fraction of sp³-hybridized carbons (Fsp3) is 0.400. The third-order valence-corrected chi connectivity index (χ3v) is 2.84. The average Bonchev–Trinajstić information content (AvgIpc) is 2.39. The minimum absolute atomic E-state index is 0. The Bertz CT molecular complexity index is 476. The number of rotatable bonds is 1. The molecule has 2 nitrogen and oxygen atoms in total. The van der Waals surface area contributed by atoms with E-state index in [4.69, 9.17) is 0 Å². The Morgan fingerprint density at radius 1 is 1.35 bits per heavy atom. The molecule has 2 rings (SSSR count). The Morgan fingerprint density at radius 3 is 2.13 bits per heavy atom. The van der Waals surface area contributed by atoms with Crippen LogP contribution < -0.4 is 51.4 Å². The molecular formula is C20H28KO2-. The largest absolute Gasteiger partial charge is 1.00 e. The molecule has 23 heavy (non-hydrogen) atoms. The molecule has 0 aliphatic heterocycles. The van der Waals surface area contributed by atoms with Gasteiger partial charge in [0, 0.05) is 0 Å². The van der Waals surface area contributed by atoms with E-state index in [9.17, 15) is 4.79 Å². The molecule has 0 saturated heterocycles. The van der Waals surface area contributed by atoms with Crippen LogP contribution in [-0.4, -0.2) is 12.6 Å². The molecule has 0 bridgehead atoms. The van der Waals surface area contributed by atoms with Crippen LogP contribution in [0.2, 0.25) is 0 Å². The quantitative estimate of drug-likeness (QED) is 0.445. The molecule has 122 valence electrons. The molecule has 0 aromatic heterocycles. The van der Waals surface area contributed by atoms with Crippen molar-refractivity contribution >= 4 is 5.97 Å². The minimum Gasteiger partial charge on any atom is -0.489 e. The number of allylic oxidation sites excluding steroid dienone is 3. The minimum atomic E-state index is -0.461. The van der Waals surface area contributed by atoms with Gasteiger partial charge >= 0.3 is 51.4 Å². The van der Waals surface area contributed by atoms with Gasteiger partial charge in [0.05, 0.1) is 6.61 Å². The zero-order valence-corrected chi connectivity index (χ0v) is 18.4. The molecule has 1 aliphatic rings. The molecule has 1 aliphatic carbocycles. The summed E-state index contributed by atoms with van der Waals surface area (Å²) in [5.74, 6) is -0.461. The number of hydrogen-bond donors (Lipinski definition) is 0. The number of benzene rings is 1. The summed E-state index contributed by atoms with van der Waals surface area (Å²) in [7, 11) is 0. The molecule has 0 fully saturated rings. The van der Waals surface area contributed by atoms with Crippen LogP contribution in [0.5, 0.6) is 0 Å². The summed E-state index contributed by atoms with van der Waals surface area (Å²) in [4.78, 5) is 9.71. The van der Waals surface area contributed by atoms with Gasteiger partial charge in [0.1, 0.15) is 0 Å². The van der Waals surface area contributed by atoms with Gasteiger partial charge < -0.3 is 4.74 Å². The average molecular weight is 340 g/mol. The number of esters is 1. The molecule has 0 atom stereocenters. The molecular weight excluding hydrogens is 311 g/mol. The molecule has 0 spiro atoms. The third-order valence-electron chi connectivity index (χ3n) is 2.84. The number of ether oxygens (including phenoxy) is 1. The fourth-order valence-corrected chi connectivity index (χ4v) is 1.90. The second kappa shape index (κ2) is 14.1. The summed E-state index contributed by atoms with van der Waals surface area (Å²) in [5, 5.41) is 0. The number of carbonyl (C=O) groups is 1. The standard InChI is InChI=1S/C9H13.C7H8.C4H7O2.K/c1-8-5-4-6-9(2,3)7-8;1-7-5-3-2-4-6-7;1-3-6-4(2)5;/h5H,1,6-7H2,2-3H3;2-6H,1H3;2-3H2,1H3;/q-1;;-1;+1. The van der Waals surface area contributed by atoms with Crippen molar-refractivity contribution in [2.45, 2.75) is 40.5 Å². The SMILES string of the molecule is C=C1C=[C-]CC(C)(C)C1.Cc1ccccc1.[CH2-]C(=O)OCC.[K+]. The monoisotopic (exact) mass is 339 g/mol. The number of hydrogen-bond acceptors (Lipinski definition) is 2. The maximum atomic E-state index is 9.71. The molecule has 0 N–H and O–H groups in total. The normalized spacial score (nSPS) is 14.2. The maximum Gasteiger partial charge on any atom is 1.00 e. The van der Waals surface area contributed by atoms with Crippen molar-refractivity contribution in [3.8, 4) is 0 Å². The van der Waals surface area contributed by atoms with Crippen LogP contribution >= 0.6 is 0 Å². The Kier molecular flexibility index (Phi) is 15.2. The summed E-state index contributed by atoms with van der Waals surface area (Å²) in [5.41, 5.74) is 2.94. The molecule has 0 radical (unpaired) electrons. The van der Waals surface area contributed by atoms with Gasteiger partial charge in [-0.2, -0.15) is 6.58 Å². The summed E-state index contributed by atoms with van der Waals surface area (Å²) >= 11 is 0. The first-order valence-corrected chi connectivity index (χ1v) is 7.51. The van der Waals surface area contributed by atoms with E-state index in [2.05, 4.69) is 57.2 Å². The molecule has 0 amide bonds. The molecule has 3 heteroatoms. The van der Waals surface area contributed by atoms with Gasteiger partial charge in [-0.05, 0) is 13.8 Å². The van der Waals surface area contributed by atoms with Crippen LogP contribution in [-0.2, 0) is 9.53 Å². The van der Waals surface area contributed by atoms with Crippen LogP contribution in [0.1, 0.15) is 39.2 Å². The number of aryl methyl sites for hydroxylation is 1. The van der Waals surface area contributed by atoms with Gasteiger partial charge in [0.15, 0.2) is 5.97 Å². The van der Waals surface area contributed by atoms with Gasteiger partial charge in [-0.3, -0.25) is 17.8 Å². The maximum absolute atomic E-state index is 9.71. The molecule has 0 saturated carbocycles. The Hall–Kier alpha value is -0.324. The van der Waals surface area contributed by atoms with Gasteiger partial charge in [0.25, 0.3) is 0 Å². The van der Waals surface area contributed by atoms with Crippen molar-refractivity contribution < 1.29 is 60.9 Å². The first-order chi connectivity index (χ1) is 10.3. The summed E-state index contributed by atoms with van der Waals surface area (Å²) in [6.45, 7) is 15.6. The van der Waals surface area contributed by atoms with Crippen molar-refractivity contribution in [2.75, 3.05) is 6.61 Å². The zero-order valence-electron chi connectivity index (χ0n) is 15.3. The Balaban J connectivity index is 0. The van der Waals surface area contributed by atoms with E-state index >= 15 is 0 Å². The predicted molar refractivity (Wildman–Crippen MR) is 93.1 cm³/mol. The van der Waals surface area contributed by atoms with Crippen LogP contribution in [0.15, 0.2) is 48.6 Å². The zero-order chi connectivity index (χ0) is 17.0. The van der Waals surface area contributed by atoms with Gasteiger partial charge in [0.2, 0.25) is 0 Å². The van der Waals surface area contributed by atoms with E-state index in [1.165, 1.54) is 11.1 Å². The number of carbonyl (C=O) groups excluding carboxylic acids is 1. The third kappa shape index (κ3) is 16.3. The second-order valence-electron chi connectivity index (χ2n) is 5.98. The van der Waals surface area contributed by atoms with Crippen molar-refractivity contribution in [3.63, 3.8) is 0 Å². The van der Waals surface area contributed by atoms with Gasteiger partial charge in [-0.1, -0.05) is 61.6 Å². The van der Waals surface area contributed by atoms with Gasteiger partial charge in [-0.15, -0.1) is 6.42 Å². The summed E-state index contributed by atoms with van der Waals surface area (Å²) < 4.78 is 4.29. The van der Waals surface area contributed by atoms with E-state index in [-0.39, 0.29) is 51.4 Å². The van der Waals surface area contributed by atoms with Crippen LogP contribution in [0.4, 0.5) is 0 Å². The topological polar surface area (TPSA) is 26.3 Å². The van der Waals surface area contributed by atoms with Crippen molar-refractivity contribution in [3.05, 3.63) is 67.1 Å².